The molecule has 2 atom stereocenters. The van der Waals surface area contributed by atoms with E-state index in [4.69, 9.17) is 0 Å². The molecule has 16 heavy (non-hydrogen) atoms. The van der Waals surface area contributed by atoms with Gasteiger partial charge >= 0.3 is 0 Å². The van der Waals surface area contributed by atoms with Crippen LogP contribution in [0.25, 0.3) is 0 Å². The number of halogens is 1. The number of hydrogen-bond acceptors (Lipinski definition) is 2. The van der Waals surface area contributed by atoms with Crippen LogP contribution in [0.2, 0.25) is 0 Å². The molecule has 2 aliphatic rings. The summed E-state index contributed by atoms with van der Waals surface area (Å²) in [5.41, 5.74) is 0. The second-order valence-corrected chi connectivity index (χ2v) is 5.00. The highest BCUT2D eigenvalue weighted by Gasteiger charge is 2.32. The van der Waals surface area contributed by atoms with Crippen LogP contribution in [-0.4, -0.2) is 25.0 Å². The van der Waals surface area contributed by atoms with Crippen LogP contribution in [0.5, 0.6) is 0 Å². The van der Waals surface area contributed by atoms with Crippen LogP contribution in [0.3, 0.4) is 0 Å². The van der Waals surface area contributed by atoms with Crippen molar-refractivity contribution in [3.63, 3.8) is 0 Å². The fourth-order valence-electron chi connectivity index (χ4n) is 2.34. The second-order valence-electron chi connectivity index (χ2n) is 5.00. The number of amides is 1. The summed E-state index contributed by atoms with van der Waals surface area (Å²) in [6.07, 6.45) is 6.14. The minimum absolute atomic E-state index is 0. The van der Waals surface area contributed by atoms with E-state index >= 15 is 0 Å². The van der Waals surface area contributed by atoms with E-state index in [1.807, 2.05) is 0 Å². The first-order valence-electron chi connectivity index (χ1n) is 6.28. The second kappa shape index (κ2) is 6.45. The number of nitrogens with one attached hydrogen (secondary N) is 2. The lowest BCUT2D eigenvalue weighted by atomic mass is 10.1. The quantitative estimate of drug-likeness (QED) is 0.776. The SMILES string of the molecule is CC(C(=O)NCC[C@H]1CCCN1)C1CC1.Cl. The summed E-state index contributed by atoms with van der Waals surface area (Å²) in [6, 6.07) is 0.640. The van der Waals surface area contributed by atoms with E-state index in [9.17, 15) is 4.79 Å². The van der Waals surface area contributed by atoms with E-state index in [0.29, 0.717) is 12.0 Å². The number of carbonyl (C=O) groups excluding carboxylic acids is 1. The average Bonchev–Trinajstić information content (AvgIpc) is 2.96. The normalized spacial score (nSPS) is 25.9. The minimum Gasteiger partial charge on any atom is -0.356 e. The van der Waals surface area contributed by atoms with Crippen LogP contribution in [0.4, 0.5) is 0 Å². The topological polar surface area (TPSA) is 41.1 Å². The third-order valence-electron chi connectivity index (χ3n) is 3.70. The first-order valence-corrected chi connectivity index (χ1v) is 6.28. The third-order valence-corrected chi connectivity index (χ3v) is 3.70. The zero-order valence-electron chi connectivity index (χ0n) is 10.00. The Bertz CT molecular complexity index is 225. The molecule has 0 aromatic rings. The zero-order valence-corrected chi connectivity index (χ0v) is 10.8. The van der Waals surface area contributed by atoms with Gasteiger partial charge in [0.05, 0.1) is 0 Å². The van der Waals surface area contributed by atoms with E-state index in [1.165, 1.54) is 25.7 Å². The Kier molecular flexibility index (Phi) is 5.56. The molecule has 1 amide bonds. The summed E-state index contributed by atoms with van der Waals surface area (Å²) in [4.78, 5) is 11.7. The van der Waals surface area contributed by atoms with E-state index in [0.717, 1.165) is 19.5 Å². The predicted octanol–water partition coefficient (Wildman–Crippen LogP) is 1.71. The molecule has 2 N–H and O–H groups in total. The number of hydrogen-bond donors (Lipinski definition) is 2. The lowest BCUT2D eigenvalue weighted by Gasteiger charge is -2.13. The molecule has 0 spiro atoms. The van der Waals surface area contributed by atoms with Gasteiger partial charge in [-0.25, -0.2) is 0 Å². The van der Waals surface area contributed by atoms with E-state index in [2.05, 4.69) is 17.6 Å². The minimum atomic E-state index is 0. The Hall–Kier alpha value is -0.280. The summed E-state index contributed by atoms with van der Waals surface area (Å²) < 4.78 is 0. The molecule has 1 unspecified atom stereocenters. The molecule has 0 aromatic carbocycles. The van der Waals surface area contributed by atoms with Gasteiger partial charge in [-0.1, -0.05) is 6.92 Å². The van der Waals surface area contributed by atoms with Gasteiger partial charge in [0.25, 0.3) is 0 Å². The predicted molar refractivity (Wildman–Crippen MR) is 67.8 cm³/mol. The highest BCUT2D eigenvalue weighted by molar-refractivity contribution is 5.85. The Morgan fingerprint density at radius 3 is 2.75 bits per heavy atom. The van der Waals surface area contributed by atoms with Gasteiger partial charge in [0, 0.05) is 18.5 Å². The van der Waals surface area contributed by atoms with Gasteiger partial charge in [0.2, 0.25) is 5.91 Å². The van der Waals surface area contributed by atoms with Gasteiger partial charge in [-0.05, 0) is 44.6 Å². The van der Waals surface area contributed by atoms with Crippen molar-refractivity contribution in [1.29, 1.82) is 0 Å². The van der Waals surface area contributed by atoms with Crippen LogP contribution in [0.15, 0.2) is 0 Å². The number of rotatable bonds is 5. The summed E-state index contributed by atoms with van der Waals surface area (Å²) >= 11 is 0. The summed E-state index contributed by atoms with van der Waals surface area (Å²) in [7, 11) is 0. The largest absolute Gasteiger partial charge is 0.356 e. The Labute approximate surface area is 104 Å². The molecule has 1 aliphatic carbocycles. The fourth-order valence-corrected chi connectivity index (χ4v) is 2.34. The fraction of sp³-hybridized carbons (Fsp3) is 0.917. The van der Waals surface area contributed by atoms with Crippen molar-refractivity contribution in [2.45, 2.75) is 45.1 Å². The zero-order chi connectivity index (χ0) is 10.7. The summed E-state index contributed by atoms with van der Waals surface area (Å²) in [5.74, 6) is 1.17. The monoisotopic (exact) mass is 246 g/mol. The van der Waals surface area contributed by atoms with Gasteiger partial charge < -0.3 is 10.6 Å². The number of carbonyl (C=O) groups is 1. The summed E-state index contributed by atoms with van der Waals surface area (Å²) in [5, 5.41) is 6.50. The van der Waals surface area contributed by atoms with Crippen LogP contribution in [0, 0.1) is 11.8 Å². The molecular weight excluding hydrogens is 224 g/mol. The molecule has 94 valence electrons. The van der Waals surface area contributed by atoms with Crippen molar-refractivity contribution in [2.24, 2.45) is 11.8 Å². The van der Waals surface area contributed by atoms with Crippen LogP contribution < -0.4 is 10.6 Å². The first kappa shape index (κ1) is 13.8. The lowest BCUT2D eigenvalue weighted by molar-refractivity contribution is -0.125. The van der Waals surface area contributed by atoms with Crippen molar-refractivity contribution >= 4 is 18.3 Å². The third kappa shape index (κ3) is 3.95. The average molecular weight is 247 g/mol. The first-order chi connectivity index (χ1) is 7.27. The van der Waals surface area contributed by atoms with Crippen LogP contribution >= 0.6 is 12.4 Å². The van der Waals surface area contributed by atoms with Gasteiger partial charge in [-0.15, -0.1) is 12.4 Å². The van der Waals surface area contributed by atoms with Gasteiger partial charge in [-0.3, -0.25) is 4.79 Å². The van der Waals surface area contributed by atoms with Gasteiger partial charge in [-0.2, -0.15) is 0 Å². The van der Waals surface area contributed by atoms with E-state index in [-0.39, 0.29) is 24.2 Å². The van der Waals surface area contributed by atoms with E-state index in [1.54, 1.807) is 0 Å². The molecule has 1 aliphatic heterocycles. The molecule has 0 aromatic heterocycles. The maximum absolute atomic E-state index is 11.7. The smallest absolute Gasteiger partial charge is 0.223 e. The Morgan fingerprint density at radius 1 is 1.44 bits per heavy atom. The van der Waals surface area contributed by atoms with Crippen LogP contribution in [0.1, 0.15) is 39.0 Å². The van der Waals surface area contributed by atoms with Crippen LogP contribution in [-0.2, 0) is 4.79 Å². The van der Waals surface area contributed by atoms with Crippen molar-refractivity contribution in [3.05, 3.63) is 0 Å². The van der Waals surface area contributed by atoms with Crippen molar-refractivity contribution in [2.75, 3.05) is 13.1 Å². The highest BCUT2D eigenvalue weighted by atomic mass is 35.5. The van der Waals surface area contributed by atoms with E-state index < -0.39 is 0 Å². The molecule has 0 radical (unpaired) electrons. The Balaban J connectivity index is 0.00000128. The summed E-state index contributed by atoms with van der Waals surface area (Å²) in [6.45, 7) is 4.05. The van der Waals surface area contributed by atoms with Gasteiger partial charge in [0.15, 0.2) is 0 Å². The maximum Gasteiger partial charge on any atom is 0.223 e. The standard InChI is InChI=1S/C12H22N2O.ClH/c1-9(10-4-5-10)12(15)14-8-6-11-3-2-7-13-11;/h9-11,13H,2-8H2,1H3,(H,14,15);1H/t9?,11-;/m1./s1. The lowest BCUT2D eigenvalue weighted by Crippen LogP contribution is -2.34. The van der Waals surface area contributed by atoms with Crippen molar-refractivity contribution in [3.8, 4) is 0 Å². The molecule has 3 nitrogen and oxygen atoms in total. The molecule has 1 saturated heterocycles. The molecular formula is C12H23ClN2O. The molecule has 2 fully saturated rings. The molecule has 1 heterocycles. The van der Waals surface area contributed by atoms with Crippen molar-refractivity contribution < 1.29 is 4.79 Å². The molecule has 2 rings (SSSR count). The van der Waals surface area contributed by atoms with Gasteiger partial charge in [0.1, 0.15) is 0 Å². The Morgan fingerprint density at radius 2 is 2.19 bits per heavy atom. The highest BCUT2D eigenvalue weighted by Crippen LogP contribution is 2.36. The van der Waals surface area contributed by atoms with Crippen molar-refractivity contribution in [1.82, 2.24) is 10.6 Å². The molecule has 1 saturated carbocycles. The maximum atomic E-state index is 11.7. The molecule has 4 heteroatoms. The molecule has 0 bridgehead atoms.